The predicted octanol–water partition coefficient (Wildman–Crippen LogP) is 2.15. The molecule has 116 valence electrons. The zero-order valence-corrected chi connectivity index (χ0v) is 14.5. The van der Waals surface area contributed by atoms with Gasteiger partial charge in [-0.2, -0.15) is 0 Å². The Hall–Kier alpha value is -1.40. The van der Waals surface area contributed by atoms with Gasteiger partial charge in [-0.05, 0) is 61.4 Å². The third-order valence-corrected chi connectivity index (χ3v) is 3.33. The van der Waals surface area contributed by atoms with Gasteiger partial charge in [-0.3, -0.25) is 14.5 Å². The standard InChI is InChI=1S/C15H22BrN3O2/c1-10(2)17-14(20)8-19(4)9-15(21)18-13-6-5-11(3)7-12(13)16/h5-7,10H,8-9H2,1-4H3,(H,17,20)(H,18,21). The number of nitrogens with zero attached hydrogens (tertiary/aromatic N) is 1. The molecule has 0 aliphatic heterocycles. The molecule has 0 aromatic heterocycles. The monoisotopic (exact) mass is 355 g/mol. The van der Waals surface area contributed by atoms with Crippen molar-refractivity contribution in [1.82, 2.24) is 10.2 Å². The lowest BCUT2D eigenvalue weighted by molar-refractivity contribution is -0.123. The number of carbonyl (C=O) groups is 2. The van der Waals surface area contributed by atoms with Crippen molar-refractivity contribution in [2.45, 2.75) is 26.8 Å². The zero-order chi connectivity index (χ0) is 16.0. The number of hydrogen-bond acceptors (Lipinski definition) is 3. The summed E-state index contributed by atoms with van der Waals surface area (Å²) in [4.78, 5) is 25.2. The van der Waals surface area contributed by atoms with Gasteiger partial charge in [0, 0.05) is 10.5 Å². The van der Waals surface area contributed by atoms with E-state index in [1.165, 1.54) is 0 Å². The van der Waals surface area contributed by atoms with E-state index >= 15 is 0 Å². The Bertz CT molecular complexity index is 518. The molecule has 0 aliphatic carbocycles. The molecule has 0 spiro atoms. The second-order valence-corrected chi connectivity index (χ2v) is 6.28. The first kappa shape index (κ1) is 17.7. The Labute approximate surface area is 134 Å². The van der Waals surface area contributed by atoms with E-state index in [2.05, 4.69) is 26.6 Å². The number of aryl methyl sites for hydroxylation is 1. The molecule has 0 radical (unpaired) electrons. The Morgan fingerprint density at radius 1 is 1.24 bits per heavy atom. The van der Waals surface area contributed by atoms with Crippen LogP contribution in [-0.2, 0) is 9.59 Å². The average molecular weight is 356 g/mol. The minimum absolute atomic E-state index is 0.0863. The lowest BCUT2D eigenvalue weighted by Gasteiger charge is -2.17. The molecule has 1 aromatic carbocycles. The highest BCUT2D eigenvalue weighted by molar-refractivity contribution is 9.10. The van der Waals surface area contributed by atoms with Crippen LogP contribution >= 0.6 is 15.9 Å². The zero-order valence-electron chi connectivity index (χ0n) is 12.9. The summed E-state index contributed by atoms with van der Waals surface area (Å²) in [5.74, 6) is -0.240. The maximum absolute atomic E-state index is 12.0. The molecule has 0 bridgehead atoms. The molecule has 1 aromatic rings. The van der Waals surface area contributed by atoms with E-state index in [0.29, 0.717) is 0 Å². The molecule has 1 rings (SSSR count). The van der Waals surface area contributed by atoms with Crippen molar-refractivity contribution in [2.24, 2.45) is 0 Å². The van der Waals surface area contributed by atoms with Crippen molar-refractivity contribution in [2.75, 3.05) is 25.5 Å². The minimum Gasteiger partial charge on any atom is -0.353 e. The Kier molecular flexibility index (Phi) is 6.84. The molecule has 5 nitrogen and oxygen atoms in total. The molecule has 0 heterocycles. The molecule has 2 amide bonds. The van der Waals surface area contributed by atoms with Gasteiger partial charge in [0.05, 0.1) is 18.8 Å². The molecule has 0 saturated heterocycles. The summed E-state index contributed by atoms with van der Waals surface area (Å²) in [6.07, 6.45) is 0. The summed E-state index contributed by atoms with van der Waals surface area (Å²) in [6.45, 7) is 6.14. The second kappa shape index (κ2) is 8.14. The van der Waals surface area contributed by atoms with E-state index in [-0.39, 0.29) is 30.9 Å². The van der Waals surface area contributed by atoms with Crippen LogP contribution < -0.4 is 10.6 Å². The fraction of sp³-hybridized carbons (Fsp3) is 0.467. The van der Waals surface area contributed by atoms with Gasteiger partial charge in [0.1, 0.15) is 0 Å². The van der Waals surface area contributed by atoms with Gasteiger partial charge in [0.2, 0.25) is 11.8 Å². The van der Waals surface area contributed by atoms with Crippen LogP contribution in [0.1, 0.15) is 19.4 Å². The lowest BCUT2D eigenvalue weighted by atomic mass is 10.2. The average Bonchev–Trinajstić information content (AvgIpc) is 2.31. The van der Waals surface area contributed by atoms with E-state index < -0.39 is 0 Å². The number of benzene rings is 1. The minimum atomic E-state index is -0.153. The first-order chi connectivity index (χ1) is 9.77. The van der Waals surface area contributed by atoms with Gasteiger partial charge in [0.25, 0.3) is 0 Å². The molecule has 0 unspecified atom stereocenters. The highest BCUT2D eigenvalue weighted by atomic mass is 79.9. The van der Waals surface area contributed by atoms with Gasteiger partial charge in [-0.1, -0.05) is 6.07 Å². The smallest absolute Gasteiger partial charge is 0.238 e. The maximum atomic E-state index is 12.0. The third-order valence-electron chi connectivity index (χ3n) is 2.68. The normalized spacial score (nSPS) is 10.8. The number of carbonyl (C=O) groups excluding carboxylic acids is 2. The number of likely N-dealkylation sites (N-methyl/N-ethyl adjacent to an activating group) is 1. The largest absolute Gasteiger partial charge is 0.353 e. The highest BCUT2D eigenvalue weighted by Crippen LogP contribution is 2.23. The molecular formula is C15H22BrN3O2. The molecule has 0 aliphatic rings. The maximum Gasteiger partial charge on any atom is 0.238 e. The van der Waals surface area contributed by atoms with Crippen LogP contribution in [0.15, 0.2) is 22.7 Å². The van der Waals surface area contributed by atoms with Crippen LogP contribution in [0.5, 0.6) is 0 Å². The number of rotatable bonds is 6. The highest BCUT2D eigenvalue weighted by Gasteiger charge is 2.12. The molecule has 0 fully saturated rings. The van der Waals surface area contributed by atoms with Crippen molar-refractivity contribution in [3.8, 4) is 0 Å². The van der Waals surface area contributed by atoms with E-state index in [1.807, 2.05) is 39.0 Å². The van der Waals surface area contributed by atoms with Gasteiger partial charge in [-0.15, -0.1) is 0 Å². The van der Waals surface area contributed by atoms with Crippen molar-refractivity contribution >= 4 is 33.4 Å². The van der Waals surface area contributed by atoms with Crippen LogP contribution in [0.4, 0.5) is 5.69 Å². The first-order valence-electron chi connectivity index (χ1n) is 6.82. The molecule has 2 N–H and O–H groups in total. The lowest BCUT2D eigenvalue weighted by Crippen LogP contribution is -2.41. The van der Waals surface area contributed by atoms with Gasteiger partial charge < -0.3 is 10.6 Å². The van der Waals surface area contributed by atoms with Gasteiger partial charge >= 0.3 is 0 Å². The van der Waals surface area contributed by atoms with Crippen molar-refractivity contribution < 1.29 is 9.59 Å². The molecule has 0 saturated carbocycles. The summed E-state index contributed by atoms with van der Waals surface area (Å²) in [6, 6.07) is 5.82. The van der Waals surface area contributed by atoms with E-state index in [4.69, 9.17) is 0 Å². The predicted molar refractivity (Wildman–Crippen MR) is 88.3 cm³/mol. The molecule has 6 heteroatoms. The Balaban J connectivity index is 2.47. The van der Waals surface area contributed by atoms with Crippen molar-refractivity contribution in [1.29, 1.82) is 0 Å². The van der Waals surface area contributed by atoms with Crippen LogP contribution in [-0.4, -0.2) is 42.9 Å². The fourth-order valence-electron chi connectivity index (χ4n) is 1.83. The summed E-state index contributed by atoms with van der Waals surface area (Å²) >= 11 is 3.42. The van der Waals surface area contributed by atoms with Crippen LogP contribution in [0.25, 0.3) is 0 Å². The topological polar surface area (TPSA) is 61.4 Å². The Morgan fingerprint density at radius 2 is 1.86 bits per heavy atom. The van der Waals surface area contributed by atoms with Crippen molar-refractivity contribution in [3.63, 3.8) is 0 Å². The number of anilines is 1. The summed E-state index contributed by atoms with van der Waals surface area (Å²) in [7, 11) is 1.74. The van der Waals surface area contributed by atoms with Gasteiger partial charge in [-0.25, -0.2) is 0 Å². The third kappa shape index (κ3) is 6.73. The number of amides is 2. The van der Waals surface area contributed by atoms with Crippen LogP contribution in [0, 0.1) is 6.92 Å². The van der Waals surface area contributed by atoms with Crippen LogP contribution in [0.2, 0.25) is 0 Å². The molecular weight excluding hydrogens is 334 g/mol. The van der Waals surface area contributed by atoms with Gasteiger partial charge in [0.15, 0.2) is 0 Å². The van der Waals surface area contributed by atoms with Crippen LogP contribution in [0.3, 0.4) is 0 Å². The summed E-state index contributed by atoms with van der Waals surface area (Å²) < 4.78 is 0.844. The first-order valence-corrected chi connectivity index (χ1v) is 7.61. The fourth-order valence-corrected chi connectivity index (χ4v) is 2.42. The van der Waals surface area contributed by atoms with E-state index in [1.54, 1.807) is 11.9 Å². The Morgan fingerprint density at radius 3 is 2.43 bits per heavy atom. The van der Waals surface area contributed by atoms with E-state index in [0.717, 1.165) is 15.7 Å². The molecule has 21 heavy (non-hydrogen) atoms. The SMILES string of the molecule is Cc1ccc(NC(=O)CN(C)CC(=O)NC(C)C)c(Br)c1. The number of hydrogen-bond donors (Lipinski definition) is 2. The summed E-state index contributed by atoms with van der Waals surface area (Å²) in [5.41, 5.74) is 1.84. The molecule has 0 atom stereocenters. The van der Waals surface area contributed by atoms with Crippen molar-refractivity contribution in [3.05, 3.63) is 28.2 Å². The number of halogens is 1. The quantitative estimate of drug-likeness (QED) is 0.821. The number of nitrogens with one attached hydrogen (secondary N) is 2. The second-order valence-electron chi connectivity index (χ2n) is 5.43. The van der Waals surface area contributed by atoms with E-state index in [9.17, 15) is 9.59 Å². The summed E-state index contributed by atoms with van der Waals surface area (Å²) in [5, 5.41) is 5.62.